The van der Waals surface area contributed by atoms with Gasteiger partial charge in [0.1, 0.15) is 5.83 Å². The van der Waals surface area contributed by atoms with Crippen LogP contribution in [0.2, 0.25) is 0 Å². The molecule has 0 amide bonds. The molecule has 0 radical (unpaired) electrons. The normalized spacial score (nSPS) is 22.0. The van der Waals surface area contributed by atoms with Crippen molar-refractivity contribution in [2.24, 2.45) is 11.8 Å². The van der Waals surface area contributed by atoms with Crippen molar-refractivity contribution in [2.45, 2.75) is 52.5 Å². The fourth-order valence-electron chi connectivity index (χ4n) is 4.48. The molecule has 0 heterocycles. The zero-order chi connectivity index (χ0) is 18.5. The van der Waals surface area contributed by atoms with E-state index in [1.54, 1.807) is 6.08 Å². The van der Waals surface area contributed by atoms with E-state index >= 15 is 0 Å². The van der Waals surface area contributed by atoms with E-state index in [-0.39, 0.29) is 11.7 Å². The number of allylic oxidation sites excluding steroid dienone is 4. The maximum absolute atomic E-state index is 14.0. The van der Waals surface area contributed by atoms with Gasteiger partial charge in [0.25, 0.3) is 0 Å². The highest BCUT2D eigenvalue weighted by molar-refractivity contribution is 5.44. The van der Waals surface area contributed by atoms with Crippen LogP contribution in [0.25, 0.3) is 0 Å². The number of rotatable bonds is 7. The average Bonchev–Trinajstić information content (AvgIpc) is 3.15. The second-order valence-corrected chi connectivity index (χ2v) is 7.59. The molecule has 0 spiro atoms. The Bertz CT molecular complexity index is 741. The van der Waals surface area contributed by atoms with Crippen LogP contribution in [0, 0.1) is 23.2 Å². The van der Waals surface area contributed by atoms with Crippen molar-refractivity contribution in [3.8, 4) is 6.07 Å². The van der Waals surface area contributed by atoms with E-state index in [4.69, 9.17) is 0 Å². The monoisotopic (exact) mass is 352 g/mol. The lowest BCUT2D eigenvalue weighted by molar-refractivity contribution is 0.280. The Hall–Kier alpha value is -1.92. The summed E-state index contributed by atoms with van der Waals surface area (Å²) < 4.78 is 14.0. The van der Waals surface area contributed by atoms with Crippen LogP contribution in [-0.4, -0.2) is 18.0 Å². The lowest BCUT2D eigenvalue weighted by Gasteiger charge is -2.25. The van der Waals surface area contributed by atoms with Gasteiger partial charge in [-0.25, -0.2) is 4.39 Å². The first-order valence-corrected chi connectivity index (χ1v) is 9.96. The van der Waals surface area contributed by atoms with Crippen LogP contribution in [0.15, 0.2) is 41.8 Å². The topological polar surface area (TPSA) is 27.0 Å². The summed E-state index contributed by atoms with van der Waals surface area (Å²) >= 11 is 0. The van der Waals surface area contributed by atoms with Crippen LogP contribution in [0.3, 0.4) is 0 Å². The Morgan fingerprint density at radius 1 is 1.19 bits per heavy atom. The minimum Gasteiger partial charge on any atom is -0.299 e. The molecule has 2 aliphatic carbocycles. The Balaban J connectivity index is 1.77. The van der Waals surface area contributed by atoms with Gasteiger partial charge in [0, 0.05) is 12.5 Å². The first-order chi connectivity index (χ1) is 12.7. The number of nitrogens with zero attached hydrogens (tertiary/aromatic N) is 2. The summed E-state index contributed by atoms with van der Waals surface area (Å²) in [6.45, 7) is 7.35. The fraction of sp³-hybridized carbons (Fsp3) is 0.522. The number of nitriles is 1. The Morgan fingerprint density at radius 2 is 2.00 bits per heavy atom. The summed E-state index contributed by atoms with van der Waals surface area (Å²) in [5.41, 5.74) is 4.32. The van der Waals surface area contributed by atoms with E-state index in [1.165, 1.54) is 11.1 Å². The number of hydrogen-bond acceptors (Lipinski definition) is 2. The van der Waals surface area contributed by atoms with Crippen molar-refractivity contribution >= 4 is 0 Å². The first kappa shape index (κ1) is 18.9. The molecule has 2 atom stereocenters. The molecule has 1 saturated carbocycles. The molecule has 0 saturated heterocycles. The van der Waals surface area contributed by atoms with Gasteiger partial charge in [-0.05, 0) is 68.0 Å². The van der Waals surface area contributed by atoms with Crippen molar-refractivity contribution in [1.82, 2.24) is 4.90 Å². The number of benzene rings is 1. The average molecular weight is 352 g/mol. The second kappa shape index (κ2) is 8.64. The maximum Gasteiger partial charge on any atom is 0.104 e. The highest BCUT2D eigenvalue weighted by Crippen LogP contribution is 2.45. The minimum absolute atomic E-state index is 0.0442. The van der Waals surface area contributed by atoms with E-state index in [1.807, 2.05) is 12.1 Å². The Morgan fingerprint density at radius 3 is 2.73 bits per heavy atom. The van der Waals surface area contributed by atoms with Crippen LogP contribution >= 0.6 is 0 Å². The Labute approximate surface area is 157 Å². The van der Waals surface area contributed by atoms with Gasteiger partial charge in [-0.3, -0.25) is 4.90 Å². The third-order valence-electron chi connectivity index (χ3n) is 5.89. The SMILES string of the molecule is CCCN(CC)Cc1ccc(CC2=CC=C(F)C3CCCC23)c(C#N)c1. The molecule has 2 unspecified atom stereocenters. The first-order valence-electron chi connectivity index (χ1n) is 9.96. The van der Waals surface area contributed by atoms with Gasteiger partial charge in [-0.15, -0.1) is 0 Å². The summed E-state index contributed by atoms with van der Waals surface area (Å²) in [7, 11) is 0. The zero-order valence-electron chi connectivity index (χ0n) is 16.0. The molecule has 0 aliphatic heterocycles. The van der Waals surface area contributed by atoms with E-state index in [9.17, 15) is 9.65 Å². The summed E-state index contributed by atoms with van der Waals surface area (Å²) in [6, 6.07) is 8.68. The van der Waals surface area contributed by atoms with Gasteiger partial charge in [-0.1, -0.05) is 44.1 Å². The van der Waals surface area contributed by atoms with Crippen molar-refractivity contribution in [3.63, 3.8) is 0 Å². The molecule has 1 aromatic carbocycles. The van der Waals surface area contributed by atoms with E-state index < -0.39 is 0 Å². The Kier molecular flexibility index (Phi) is 6.27. The van der Waals surface area contributed by atoms with Crippen LogP contribution < -0.4 is 0 Å². The number of fused-ring (bicyclic) bond motifs is 1. The molecule has 138 valence electrons. The molecule has 0 bridgehead atoms. The minimum atomic E-state index is 0.0442. The smallest absolute Gasteiger partial charge is 0.104 e. The van der Waals surface area contributed by atoms with Crippen molar-refractivity contribution in [2.75, 3.05) is 13.1 Å². The molecule has 26 heavy (non-hydrogen) atoms. The lowest BCUT2D eigenvalue weighted by atomic mass is 9.80. The standard InChI is InChI=1S/C23H29FN2/c1-3-12-26(4-2)16-17-8-9-18(20(13-17)15-25)14-19-10-11-23(24)22-7-5-6-21(19)22/h8-11,13,21-22H,3-7,12,14,16H2,1-2H3. The van der Waals surface area contributed by atoms with E-state index in [0.29, 0.717) is 5.92 Å². The molecule has 3 rings (SSSR count). The molecular formula is C23H29FN2. The number of halogens is 1. The maximum atomic E-state index is 14.0. The van der Waals surface area contributed by atoms with Gasteiger partial charge in [0.15, 0.2) is 0 Å². The van der Waals surface area contributed by atoms with E-state index in [0.717, 1.165) is 62.9 Å². The zero-order valence-corrected chi connectivity index (χ0v) is 16.0. The number of hydrogen-bond donors (Lipinski definition) is 0. The lowest BCUT2D eigenvalue weighted by Crippen LogP contribution is -2.23. The largest absolute Gasteiger partial charge is 0.299 e. The van der Waals surface area contributed by atoms with Gasteiger partial charge in [0.2, 0.25) is 0 Å². The summed E-state index contributed by atoms with van der Waals surface area (Å²) in [5.74, 6) is 0.445. The quantitative estimate of drug-likeness (QED) is 0.644. The third kappa shape index (κ3) is 4.07. The molecule has 1 aromatic rings. The molecule has 2 aliphatic rings. The van der Waals surface area contributed by atoms with E-state index in [2.05, 4.69) is 36.9 Å². The third-order valence-corrected chi connectivity index (χ3v) is 5.89. The molecule has 0 N–H and O–H groups in total. The molecular weight excluding hydrogens is 323 g/mol. The highest BCUT2D eigenvalue weighted by Gasteiger charge is 2.34. The van der Waals surface area contributed by atoms with Crippen LogP contribution in [0.5, 0.6) is 0 Å². The fourth-order valence-corrected chi connectivity index (χ4v) is 4.48. The predicted molar refractivity (Wildman–Crippen MR) is 104 cm³/mol. The predicted octanol–water partition coefficient (Wildman–Crippen LogP) is 5.54. The van der Waals surface area contributed by atoms with Crippen molar-refractivity contribution in [3.05, 3.63) is 58.4 Å². The van der Waals surface area contributed by atoms with Crippen LogP contribution in [0.4, 0.5) is 4.39 Å². The van der Waals surface area contributed by atoms with Crippen LogP contribution in [-0.2, 0) is 13.0 Å². The molecule has 2 nitrogen and oxygen atoms in total. The highest BCUT2D eigenvalue weighted by atomic mass is 19.1. The second-order valence-electron chi connectivity index (χ2n) is 7.59. The molecule has 3 heteroatoms. The van der Waals surface area contributed by atoms with Gasteiger partial charge in [-0.2, -0.15) is 5.26 Å². The van der Waals surface area contributed by atoms with Crippen molar-refractivity contribution < 1.29 is 4.39 Å². The van der Waals surface area contributed by atoms with Gasteiger partial charge < -0.3 is 0 Å². The molecule has 0 aromatic heterocycles. The van der Waals surface area contributed by atoms with Gasteiger partial charge in [0.05, 0.1) is 11.6 Å². The summed E-state index contributed by atoms with van der Waals surface area (Å²) in [6.07, 6.45) is 8.63. The summed E-state index contributed by atoms with van der Waals surface area (Å²) in [5, 5.41) is 9.64. The van der Waals surface area contributed by atoms with Gasteiger partial charge >= 0.3 is 0 Å². The van der Waals surface area contributed by atoms with Crippen molar-refractivity contribution in [1.29, 1.82) is 5.26 Å². The van der Waals surface area contributed by atoms with Crippen LogP contribution in [0.1, 0.15) is 56.2 Å². The summed E-state index contributed by atoms with van der Waals surface area (Å²) in [4.78, 5) is 2.40. The molecule has 1 fully saturated rings.